The van der Waals surface area contributed by atoms with E-state index in [0.717, 1.165) is 0 Å². The summed E-state index contributed by atoms with van der Waals surface area (Å²) in [5, 5.41) is 12.2. The lowest BCUT2D eigenvalue weighted by Gasteiger charge is -2.02. The van der Waals surface area contributed by atoms with Gasteiger partial charge in [0, 0.05) is 11.8 Å². The van der Waals surface area contributed by atoms with Gasteiger partial charge < -0.3 is 0 Å². The minimum absolute atomic E-state index is 0.347. The molecule has 0 saturated heterocycles. The zero-order valence-corrected chi connectivity index (χ0v) is 13.4. The Balaban J connectivity index is 2.05. The molecule has 0 atom stereocenters. The van der Waals surface area contributed by atoms with Crippen LogP contribution in [0.15, 0.2) is 47.7 Å². The van der Waals surface area contributed by atoms with Gasteiger partial charge in [-0.2, -0.15) is 14.9 Å². The van der Waals surface area contributed by atoms with E-state index in [-0.39, 0.29) is 0 Å². The van der Waals surface area contributed by atoms with Crippen LogP contribution in [0.2, 0.25) is 10.0 Å². The first-order valence-corrected chi connectivity index (χ1v) is 7.40. The first kappa shape index (κ1) is 14.9. The highest BCUT2D eigenvalue weighted by Gasteiger charge is 2.09. The molecule has 2 aromatic heterocycles. The Bertz CT molecular complexity index is 865. The smallest absolute Gasteiger partial charge is 0.216 e. The highest BCUT2D eigenvalue weighted by Crippen LogP contribution is 2.22. The third kappa shape index (κ3) is 2.94. The monoisotopic (exact) mass is 349 g/mol. The Morgan fingerprint density at radius 3 is 2.59 bits per heavy atom. The van der Waals surface area contributed by atoms with Gasteiger partial charge in [0.05, 0.1) is 16.3 Å². The minimum atomic E-state index is 0.347. The number of nitrogens with zero attached hydrogens (tertiary/aromatic N) is 4. The molecule has 0 bridgehead atoms. The standard InChI is InChI=1S/C14H9Cl2N5S/c15-10-4-3-5-11(16)9(10)8-18-21-13(19-20-14(21)22)12-6-1-2-7-17-12/h1-8H,(H,20,22). The van der Waals surface area contributed by atoms with Gasteiger partial charge in [-0.15, -0.1) is 0 Å². The maximum Gasteiger partial charge on any atom is 0.216 e. The first-order valence-electron chi connectivity index (χ1n) is 6.24. The number of benzene rings is 1. The molecule has 0 spiro atoms. The maximum atomic E-state index is 6.12. The third-order valence-electron chi connectivity index (χ3n) is 2.85. The number of rotatable bonds is 3. The van der Waals surface area contributed by atoms with Gasteiger partial charge in [0.15, 0.2) is 0 Å². The Morgan fingerprint density at radius 2 is 1.91 bits per heavy atom. The first-order chi connectivity index (χ1) is 10.7. The van der Waals surface area contributed by atoms with Gasteiger partial charge in [-0.1, -0.05) is 35.3 Å². The predicted molar refractivity (Wildman–Crippen MR) is 90.1 cm³/mol. The van der Waals surface area contributed by atoms with Crippen LogP contribution in [0.1, 0.15) is 5.56 Å². The van der Waals surface area contributed by atoms with Crippen LogP contribution in [0.25, 0.3) is 11.5 Å². The molecule has 3 rings (SSSR count). The maximum absolute atomic E-state index is 6.12. The van der Waals surface area contributed by atoms with Crippen LogP contribution in [0.5, 0.6) is 0 Å². The number of nitrogens with one attached hydrogen (secondary N) is 1. The molecule has 0 fully saturated rings. The van der Waals surface area contributed by atoms with E-state index in [1.54, 1.807) is 30.6 Å². The summed E-state index contributed by atoms with van der Waals surface area (Å²) in [6.07, 6.45) is 3.22. The molecule has 0 aliphatic rings. The lowest BCUT2D eigenvalue weighted by molar-refractivity contribution is 0.867. The third-order valence-corrected chi connectivity index (χ3v) is 3.77. The topological polar surface area (TPSA) is 58.9 Å². The minimum Gasteiger partial charge on any atom is -0.253 e. The van der Waals surface area contributed by atoms with Gasteiger partial charge in [0.2, 0.25) is 10.6 Å². The van der Waals surface area contributed by atoms with Gasteiger partial charge in [-0.05, 0) is 36.5 Å². The van der Waals surface area contributed by atoms with E-state index in [1.165, 1.54) is 4.68 Å². The van der Waals surface area contributed by atoms with Crippen molar-refractivity contribution in [2.75, 3.05) is 0 Å². The Kier molecular flexibility index (Phi) is 4.33. The van der Waals surface area contributed by atoms with Crippen LogP contribution in [-0.4, -0.2) is 26.1 Å². The van der Waals surface area contributed by atoms with Crippen molar-refractivity contribution in [2.45, 2.75) is 0 Å². The molecule has 110 valence electrons. The van der Waals surface area contributed by atoms with Crippen LogP contribution in [0, 0.1) is 4.77 Å². The molecule has 1 N–H and O–H groups in total. The summed E-state index contributed by atoms with van der Waals surface area (Å²) in [6.45, 7) is 0. The molecule has 0 unspecified atom stereocenters. The van der Waals surface area contributed by atoms with Crippen molar-refractivity contribution >= 4 is 41.6 Å². The molecule has 22 heavy (non-hydrogen) atoms. The number of pyridine rings is 1. The molecule has 1 aromatic carbocycles. The van der Waals surface area contributed by atoms with Crippen molar-refractivity contribution in [2.24, 2.45) is 5.10 Å². The fourth-order valence-electron chi connectivity index (χ4n) is 1.81. The highest BCUT2D eigenvalue weighted by molar-refractivity contribution is 7.71. The molecule has 2 heterocycles. The molecule has 8 heteroatoms. The molecule has 0 aliphatic heterocycles. The number of aromatic amines is 1. The van der Waals surface area contributed by atoms with Crippen molar-refractivity contribution < 1.29 is 0 Å². The Labute approximate surface area is 141 Å². The van der Waals surface area contributed by atoms with Crippen molar-refractivity contribution in [1.82, 2.24) is 19.9 Å². The van der Waals surface area contributed by atoms with Gasteiger partial charge >= 0.3 is 0 Å². The molecule has 0 saturated carbocycles. The fraction of sp³-hybridized carbons (Fsp3) is 0. The van der Waals surface area contributed by atoms with Crippen LogP contribution < -0.4 is 0 Å². The van der Waals surface area contributed by atoms with Crippen LogP contribution in [-0.2, 0) is 0 Å². The number of aromatic nitrogens is 4. The number of halogens is 2. The summed E-state index contributed by atoms with van der Waals surface area (Å²) in [5.74, 6) is 0.505. The van der Waals surface area contributed by atoms with Crippen molar-refractivity contribution in [1.29, 1.82) is 0 Å². The van der Waals surface area contributed by atoms with Crippen LogP contribution >= 0.6 is 35.4 Å². The van der Waals surface area contributed by atoms with Crippen molar-refractivity contribution in [3.05, 3.63) is 63.0 Å². The van der Waals surface area contributed by atoms with E-state index >= 15 is 0 Å². The average Bonchev–Trinajstić information content (AvgIpc) is 2.89. The summed E-state index contributed by atoms with van der Waals surface area (Å²) in [6, 6.07) is 10.7. The second-order valence-electron chi connectivity index (χ2n) is 4.26. The summed E-state index contributed by atoms with van der Waals surface area (Å²) in [7, 11) is 0. The molecule has 3 aromatic rings. The highest BCUT2D eigenvalue weighted by atomic mass is 35.5. The quantitative estimate of drug-likeness (QED) is 0.569. The zero-order valence-electron chi connectivity index (χ0n) is 11.1. The SMILES string of the molecule is S=c1[nH]nc(-c2ccccn2)n1N=Cc1c(Cl)cccc1Cl. The van der Waals surface area contributed by atoms with Crippen molar-refractivity contribution in [3.8, 4) is 11.5 Å². The van der Waals surface area contributed by atoms with Gasteiger partial charge in [0.25, 0.3) is 0 Å². The summed E-state index contributed by atoms with van der Waals surface area (Å²) in [5.41, 5.74) is 1.26. The lowest BCUT2D eigenvalue weighted by Crippen LogP contribution is -1.97. The van der Waals surface area contributed by atoms with Crippen LogP contribution in [0.4, 0.5) is 0 Å². The van der Waals surface area contributed by atoms with Crippen molar-refractivity contribution in [3.63, 3.8) is 0 Å². The van der Waals surface area contributed by atoms with E-state index in [1.807, 2.05) is 18.2 Å². The Morgan fingerprint density at radius 1 is 1.14 bits per heavy atom. The molecule has 0 aliphatic carbocycles. The van der Waals surface area contributed by atoms with Crippen LogP contribution in [0.3, 0.4) is 0 Å². The molecule has 0 amide bonds. The van der Waals surface area contributed by atoms with E-state index in [2.05, 4.69) is 20.3 Å². The lowest BCUT2D eigenvalue weighted by atomic mass is 10.2. The molecular formula is C14H9Cl2N5S. The molecule has 0 radical (unpaired) electrons. The number of hydrogen-bond acceptors (Lipinski definition) is 4. The van der Waals surface area contributed by atoms with Gasteiger partial charge in [-0.25, -0.2) is 5.10 Å². The zero-order chi connectivity index (χ0) is 15.5. The summed E-state index contributed by atoms with van der Waals surface area (Å²) in [4.78, 5) is 4.24. The summed E-state index contributed by atoms with van der Waals surface area (Å²) < 4.78 is 1.82. The van der Waals surface area contributed by atoms with E-state index in [4.69, 9.17) is 35.4 Å². The van der Waals surface area contributed by atoms with Gasteiger partial charge in [0.1, 0.15) is 5.69 Å². The van der Waals surface area contributed by atoms with E-state index in [9.17, 15) is 0 Å². The van der Waals surface area contributed by atoms with E-state index in [0.29, 0.717) is 31.9 Å². The fourth-order valence-corrected chi connectivity index (χ4v) is 2.48. The number of hydrogen-bond donors (Lipinski definition) is 1. The molecular weight excluding hydrogens is 341 g/mol. The normalized spacial score (nSPS) is 11.2. The largest absolute Gasteiger partial charge is 0.253 e. The number of H-pyrrole nitrogens is 1. The average molecular weight is 350 g/mol. The Hall–Kier alpha value is -2.02. The van der Waals surface area contributed by atoms with E-state index < -0.39 is 0 Å². The molecule has 5 nitrogen and oxygen atoms in total. The summed E-state index contributed by atoms with van der Waals surface area (Å²) >= 11 is 17.4. The van der Waals surface area contributed by atoms with Gasteiger partial charge in [-0.3, -0.25) is 4.98 Å². The second kappa shape index (κ2) is 6.39. The second-order valence-corrected chi connectivity index (χ2v) is 5.46. The predicted octanol–water partition coefficient (Wildman–Crippen LogP) is 4.19.